The van der Waals surface area contributed by atoms with Gasteiger partial charge in [0.15, 0.2) is 11.5 Å². The molecule has 0 saturated heterocycles. The molecule has 0 aliphatic carbocycles. The first kappa shape index (κ1) is 12.7. The van der Waals surface area contributed by atoms with Crippen molar-refractivity contribution in [3.63, 3.8) is 0 Å². The van der Waals surface area contributed by atoms with Crippen molar-refractivity contribution < 1.29 is 19.0 Å². The quantitative estimate of drug-likeness (QED) is 0.809. The van der Waals surface area contributed by atoms with Gasteiger partial charge in [0.25, 0.3) is 0 Å². The predicted molar refractivity (Wildman–Crippen MR) is 65.9 cm³/mol. The van der Waals surface area contributed by atoms with Gasteiger partial charge in [0.05, 0.1) is 12.3 Å². The standard InChI is InChI=1S/C12H16N2O4/c1-16-7-8(13)12(15)14-9-3-2-4-10-11(9)18-6-5-17-10/h2-4,8H,5-7,13H2,1H3,(H,14,15). The molecule has 0 saturated carbocycles. The highest BCUT2D eigenvalue weighted by atomic mass is 16.6. The van der Waals surface area contributed by atoms with Gasteiger partial charge >= 0.3 is 0 Å². The zero-order valence-corrected chi connectivity index (χ0v) is 10.1. The number of nitrogens with one attached hydrogen (secondary N) is 1. The van der Waals surface area contributed by atoms with Crippen molar-refractivity contribution in [2.75, 3.05) is 32.2 Å². The minimum Gasteiger partial charge on any atom is -0.486 e. The Kier molecular flexibility index (Phi) is 4.01. The van der Waals surface area contributed by atoms with Gasteiger partial charge in [0.2, 0.25) is 5.91 Å². The van der Waals surface area contributed by atoms with Gasteiger partial charge in [-0.15, -0.1) is 0 Å². The first-order valence-corrected chi connectivity index (χ1v) is 5.66. The second-order valence-corrected chi connectivity index (χ2v) is 3.88. The lowest BCUT2D eigenvalue weighted by atomic mass is 10.2. The largest absolute Gasteiger partial charge is 0.486 e. The number of carbonyl (C=O) groups excluding carboxylic acids is 1. The maximum atomic E-state index is 11.8. The summed E-state index contributed by atoms with van der Waals surface area (Å²) in [5, 5.41) is 2.71. The number of hydrogen-bond acceptors (Lipinski definition) is 5. The molecule has 0 aromatic heterocycles. The zero-order chi connectivity index (χ0) is 13.0. The minimum absolute atomic E-state index is 0.165. The van der Waals surface area contributed by atoms with E-state index in [2.05, 4.69) is 5.32 Å². The van der Waals surface area contributed by atoms with Crippen LogP contribution in [0.4, 0.5) is 5.69 Å². The molecule has 18 heavy (non-hydrogen) atoms. The molecule has 1 unspecified atom stereocenters. The third-order valence-electron chi connectivity index (χ3n) is 2.51. The molecule has 98 valence electrons. The summed E-state index contributed by atoms with van der Waals surface area (Å²) in [7, 11) is 1.49. The molecule has 0 bridgehead atoms. The number of hydrogen-bond donors (Lipinski definition) is 2. The van der Waals surface area contributed by atoms with E-state index in [9.17, 15) is 4.79 Å². The fourth-order valence-corrected chi connectivity index (χ4v) is 1.65. The van der Waals surface area contributed by atoms with Crippen LogP contribution in [0.3, 0.4) is 0 Å². The molecule has 0 spiro atoms. The summed E-state index contributed by atoms with van der Waals surface area (Å²) in [6.45, 7) is 1.13. The lowest BCUT2D eigenvalue weighted by Crippen LogP contribution is -2.39. The molecule has 3 N–H and O–H groups in total. The van der Waals surface area contributed by atoms with Gasteiger partial charge in [0.1, 0.15) is 19.3 Å². The van der Waals surface area contributed by atoms with Gasteiger partial charge < -0.3 is 25.3 Å². The Labute approximate surface area is 105 Å². The second kappa shape index (κ2) is 5.70. The Morgan fingerprint density at radius 2 is 2.28 bits per heavy atom. The number of para-hydroxylation sites is 1. The summed E-state index contributed by atoms with van der Waals surface area (Å²) < 4.78 is 15.7. The van der Waals surface area contributed by atoms with Crippen LogP contribution in [-0.2, 0) is 9.53 Å². The summed E-state index contributed by atoms with van der Waals surface area (Å²) in [5.41, 5.74) is 6.20. The number of rotatable bonds is 4. The Morgan fingerprint density at radius 1 is 1.50 bits per heavy atom. The van der Waals surface area contributed by atoms with Gasteiger partial charge in [0, 0.05) is 7.11 Å². The van der Waals surface area contributed by atoms with Crippen LogP contribution in [0.5, 0.6) is 11.5 Å². The maximum absolute atomic E-state index is 11.8. The van der Waals surface area contributed by atoms with E-state index in [0.29, 0.717) is 30.4 Å². The van der Waals surface area contributed by atoms with Gasteiger partial charge in [-0.25, -0.2) is 0 Å². The van der Waals surface area contributed by atoms with Crippen molar-refractivity contribution in [3.8, 4) is 11.5 Å². The van der Waals surface area contributed by atoms with Crippen LogP contribution in [0.1, 0.15) is 0 Å². The Hall–Kier alpha value is -1.79. The number of benzene rings is 1. The molecule has 0 fully saturated rings. The van der Waals surface area contributed by atoms with E-state index in [-0.39, 0.29) is 12.5 Å². The number of amides is 1. The van der Waals surface area contributed by atoms with Crippen molar-refractivity contribution in [3.05, 3.63) is 18.2 Å². The van der Waals surface area contributed by atoms with Gasteiger partial charge in [-0.1, -0.05) is 6.07 Å². The molecule has 1 aromatic rings. The Morgan fingerprint density at radius 3 is 3.06 bits per heavy atom. The molecule has 6 heteroatoms. The lowest BCUT2D eigenvalue weighted by Gasteiger charge is -2.21. The minimum atomic E-state index is -0.713. The summed E-state index contributed by atoms with van der Waals surface area (Å²) in [6, 6.07) is 4.60. The first-order chi connectivity index (χ1) is 8.72. The van der Waals surface area contributed by atoms with Crippen molar-refractivity contribution in [1.82, 2.24) is 0 Å². The lowest BCUT2D eigenvalue weighted by molar-refractivity contribution is -0.118. The summed E-state index contributed by atoms with van der Waals surface area (Å²) in [6.07, 6.45) is 0. The monoisotopic (exact) mass is 252 g/mol. The van der Waals surface area contributed by atoms with Gasteiger partial charge in [-0.05, 0) is 12.1 Å². The smallest absolute Gasteiger partial charge is 0.243 e. The predicted octanol–water partition coefficient (Wildman–Crippen LogP) is 0.370. The molecular weight excluding hydrogens is 236 g/mol. The van der Waals surface area contributed by atoms with Crippen LogP contribution in [0.2, 0.25) is 0 Å². The molecule has 1 amide bonds. The van der Waals surface area contributed by atoms with Crippen LogP contribution in [0, 0.1) is 0 Å². The van der Waals surface area contributed by atoms with Crippen molar-refractivity contribution in [2.24, 2.45) is 5.73 Å². The average molecular weight is 252 g/mol. The number of ether oxygens (including phenoxy) is 3. The van der Waals surface area contributed by atoms with Crippen LogP contribution in [0.25, 0.3) is 0 Å². The highest BCUT2D eigenvalue weighted by Crippen LogP contribution is 2.37. The Balaban J connectivity index is 2.12. The second-order valence-electron chi connectivity index (χ2n) is 3.88. The SMILES string of the molecule is COCC(N)C(=O)Nc1cccc2c1OCCO2. The van der Waals surface area contributed by atoms with Crippen molar-refractivity contribution in [1.29, 1.82) is 0 Å². The molecule has 1 atom stereocenters. The molecule has 1 aromatic carbocycles. The zero-order valence-electron chi connectivity index (χ0n) is 10.1. The number of nitrogens with two attached hydrogens (primary N) is 1. The number of methoxy groups -OCH3 is 1. The van der Waals surface area contributed by atoms with Crippen LogP contribution >= 0.6 is 0 Å². The molecule has 1 heterocycles. The summed E-state index contributed by atoms with van der Waals surface area (Å²) >= 11 is 0. The van der Waals surface area contributed by atoms with E-state index in [4.69, 9.17) is 19.9 Å². The molecule has 0 radical (unpaired) electrons. The van der Waals surface area contributed by atoms with Crippen molar-refractivity contribution >= 4 is 11.6 Å². The number of anilines is 1. The van der Waals surface area contributed by atoms with E-state index in [1.165, 1.54) is 7.11 Å². The molecule has 1 aliphatic rings. The van der Waals surface area contributed by atoms with E-state index in [1.807, 2.05) is 0 Å². The van der Waals surface area contributed by atoms with Crippen LogP contribution in [-0.4, -0.2) is 38.9 Å². The molecule has 6 nitrogen and oxygen atoms in total. The van der Waals surface area contributed by atoms with Gasteiger partial charge in [-0.2, -0.15) is 0 Å². The highest BCUT2D eigenvalue weighted by molar-refractivity contribution is 5.96. The van der Waals surface area contributed by atoms with Gasteiger partial charge in [-0.3, -0.25) is 4.79 Å². The number of carbonyl (C=O) groups is 1. The summed E-state index contributed by atoms with van der Waals surface area (Å²) in [4.78, 5) is 11.8. The third-order valence-corrected chi connectivity index (χ3v) is 2.51. The third kappa shape index (κ3) is 2.72. The van der Waals surface area contributed by atoms with E-state index < -0.39 is 6.04 Å². The maximum Gasteiger partial charge on any atom is 0.243 e. The molecular formula is C12H16N2O4. The normalized spacial score (nSPS) is 15.0. The van der Waals surface area contributed by atoms with E-state index >= 15 is 0 Å². The highest BCUT2D eigenvalue weighted by Gasteiger charge is 2.19. The van der Waals surface area contributed by atoms with E-state index in [1.54, 1.807) is 18.2 Å². The fraction of sp³-hybridized carbons (Fsp3) is 0.417. The first-order valence-electron chi connectivity index (χ1n) is 5.66. The van der Waals surface area contributed by atoms with Crippen molar-refractivity contribution in [2.45, 2.75) is 6.04 Å². The van der Waals surface area contributed by atoms with Crippen LogP contribution in [0.15, 0.2) is 18.2 Å². The molecule has 2 rings (SSSR count). The summed E-state index contributed by atoms with van der Waals surface area (Å²) in [5.74, 6) is 0.848. The van der Waals surface area contributed by atoms with E-state index in [0.717, 1.165) is 0 Å². The van der Waals surface area contributed by atoms with Crippen LogP contribution < -0.4 is 20.5 Å². The number of fused-ring (bicyclic) bond motifs is 1. The topological polar surface area (TPSA) is 82.8 Å². The fourth-order valence-electron chi connectivity index (χ4n) is 1.65. The Bertz CT molecular complexity index is 436. The molecule has 1 aliphatic heterocycles. The average Bonchev–Trinajstić information content (AvgIpc) is 2.39.